The maximum atomic E-state index is 12.8. The Balaban J connectivity index is 4.33. The summed E-state index contributed by atoms with van der Waals surface area (Å²) in [6.45, 7) is 4.66. The van der Waals surface area contributed by atoms with Crippen molar-refractivity contribution < 1.29 is 38.2 Å². The topological polar surface area (TPSA) is 99.1 Å². The van der Waals surface area contributed by atoms with E-state index in [1.807, 2.05) is 21.1 Å². The third kappa shape index (κ3) is 47.4. The van der Waals surface area contributed by atoms with Crippen molar-refractivity contribution in [1.29, 1.82) is 0 Å². The van der Waals surface area contributed by atoms with E-state index in [2.05, 4.69) is 98.9 Å². The van der Waals surface area contributed by atoms with E-state index >= 15 is 0 Å². The lowest BCUT2D eigenvalue weighted by Crippen LogP contribution is -2.50. The Labute approximate surface area is 412 Å². The predicted octanol–water partition coefficient (Wildman–Crippen LogP) is 16.0. The molecule has 0 radical (unpaired) electrons. The highest BCUT2D eigenvalue weighted by Crippen LogP contribution is 2.14. The highest BCUT2D eigenvalue weighted by atomic mass is 16.6. The van der Waals surface area contributed by atoms with Gasteiger partial charge in [-0.3, -0.25) is 9.59 Å². The Bertz CT molecular complexity index is 1370. The Kier molecular flexibility index (Phi) is 46.4. The van der Waals surface area contributed by atoms with Gasteiger partial charge >= 0.3 is 17.9 Å². The van der Waals surface area contributed by atoms with Crippen LogP contribution in [0.2, 0.25) is 0 Å². The van der Waals surface area contributed by atoms with Gasteiger partial charge in [0.15, 0.2) is 12.1 Å². The van der Waals surface area contributed by atoms with E-state index in [1.54, 1.807) is 0 Å². The molecule has 0 aromatic rings. The number of quaternary nitrogens is 1. The summed E-state index contributed by atoms with van der Waals surface area (Å²) in [5.41, 5.74) is 0. The monoisotopic (exact) mass is 937 g/mol. The highest BCUT2D eigenvalue weighted by molar-refractivity contribution is 5.72. The molecule has 0 aliphatic rings. The van der Waals surface area contributed by atoms with Crippen molar-refractivity contribution in [2.24, 2.45) is 0 Å². The van der Waals surface area contributed by atoms with Crippen LogP contribution < -0.4 is 0 Å². The second-order valence-electron chi connectivity index (χ2n) is 19.1. The number of carboxylic acids is 1. The molecule has 8 nitrogen and oxygen atoms in total. The largest absolute Gasteiger partial charge is 0.477 e. The minimum atomic E-state index is -0.885. The molecule has 0 rings (SSSR count). The van der Waals surface area contributed by atoms with Crippen molar-refractivity contribution in [2.45, 2.75) is 231 Å². The Morgan fingerprint density at radius 2 is 0.791 bits per heavy atom. The van der Waals surface area contributed by atoms with E-state index in [9.17, 15) is 19.5 Å². The maximum absolute atomic E-state index is 12.8. The summed E-state index contributed by atoms with van der Waals surface area (Å²) in [4.78, 5) is 37.2. The van der Waals surface area contributed by atoms with Crippen LogP contribution in [0.15, 0.2) is 85.1 Å². The molecule has 1 N–H and O–H groups in total. The maximum Gasteiger partial charge on any atom is 0.362 e. The Hall–Kier alpha value is -3.49. The molecule has 0 bridgehead atoms. The van der Waals surface area contributed by atoms with Gasteiger partial charge in [0.05, 0.1) is 34.4 Å². The van der Waals surface area contributed by atoms with E-state index in [0.717, 1.165) is 70.6 Å². The molecule has 2 unspecified atom stereocenters. The molecule has 0 amide bonds. The number of esters is 2. The van der Waals surface area contributed by atoms with Crippen LogP contribution in [0.3, 0.4) is 0 Å². The molecule has 0 fully saturated rings. The van der Waals surface area contributed by atoms with Crippen LogP contribution in [0.5, 0.6) is 0 Å². The zero-order valence-corrected chi connectivity index (χ0v) is 43.8. The van der Waals surface area contributed by atoms with E-state index in [-0.39, 0.29) is 42.7 Å². The number of carbonyl (C=O) groups excluding carboxylic acids is 2. The third-order valence-corrected chi connectivity index (χ3v) is 11.8. The number of aliphatic carboxylic acids is 1. The number of unbranched alkanes of at least 4 members (excludes halogenated alkanes) is 20. The number of hydrogen-bond acceptors (Lipinski definition) is 6. The van der Waals surface area contributed by atoms with Crippen LogP contribution in [-0.2, 0) is 28.6 Å². The summed E-state index contributed by atoms with van der Waals surface area (Å²) in [6, 6.07) is -0.630. The van der Waals surface area contributed by atoms with Crippen molar-refractivity contribution in [3.05, 3.63) is 85.1 Å². The molecule has 0 saturated heterocycles. The van der Waals surface area contributed by atoms with E-state index in [4.69, 9.17) is 14.2 Å². The second-order valence-corrected chi connectivity index (χ2v) is 19.1. The Morgan fingerprint density at radius 3 is 1.22 bits per heavy atom. The van der Waals surface area contributed by atoms with Crippen LogP contribution >= 0.6 is 0 Å². The van der Waals surface area contributed by atoms with Crippen molar-refractivity contribution >= 4 is 17.9 Å². The van der Waals surface area contributed by atoms with Gasteiger partial charge in [-0.2, -0.15) is 0 Å². The normalized spacial score (nSPS) is 13.5. The van der Waals surface area contributed by atoms with Gasteiger partial charge in [-0.1, -0.05) is 189 Å². The fourth-order valence-corrected chi connectivity index (χ4v) is 7.55. The average Bonchev–Trinajstić information content (AvgIpc) is 3.29. The van der Waals surface area contributed by atoms with Crippen molar-refractivity contribution in [1.82, 2.24) is 0 Å². The summed E-state index contributed by atoms with van der Waals surface area (Å²) in [7, 11) is 5.51. The van der Waals surface area contributed by atoms with Gasteiger partial charge in [-0.25, -0.2) is 4.79 Å². The summed E-state index contributed by atoms with van der Waals surface area (Å²) in [5, 5.41) is 9.66. The number of likely N-dealkylation sites (N-methyl/N-ethyl adjacent to an activating group) is 1. The van der Waals surface area contributed by atoms with Crippen LogP contribution in [-0.4, -0.2) is 80.6 Å². The minimum absolute atomic E-state index is 0.0367. The average molecular weight is 937 g/mol. The number of carbonyl (C=O) groups is 3. The number of hydrogen-bond donors (Lipinski definition) is 1. The number of rotatable bonds is 48. The van der Waals surface area contributed by atoms with Gasteiger partial charge in [0, 0.05) is 19.3 Å². The summed E-state index contributed by atoms with van der Waals surface area (Å²) in [6.07, 6.45) is 65.0. The van der Waals surface area contributed by atoms with Gasteiger partial charge in [-0.15, -0.1) is 0 Å². The second kappa shape index (κ2) is 48.9. The van der Waals surface area contributed by atoms with Crippen LogP contribution in [0.1, 0.15) is 219 Å². The lowest BCUT2D eigenvalue weighted by molar-refractivity contribution is -0.887. The van der Waals surface area contributed by atoms with Gasteiger partial charge in [0.1, 0.15) is 6.61 Å². The molecule has 67 heavy (non-hydrogen) atoms. The molecule has 0 heterocycles. The molecule has 0 aromatic heterocycles. The molecule has 384 valence electrons. The van der Waals surface area contributed by atoms with Crippen LogP contribution in [0.25, 0.3) is 0 Å². The molecule has 8 heteroatoms. The van der Waals surface area contributed by atoms with Crippen molar-refractivity contribution in [3.63, 3.8) is 0 Å². The summed E-state index contributed by atoms with van der Waals surface area (Å²) in [5.74, 6) is -1.54. The van der Waals surface area contributed by atoms with E-state index < -0.39 is 18.1 Å². The predicted molar refractivity (Wildman–Crippen MR) is 284 cm³/mol. The smallest absolute Gasteiger partial charge is 0.362 e. The minimum Gasteiger partial charge on any atom is -0.477 e. The molecular weight excluding hydrogens is 835 g/mol. The fourth-order valence-electron chi connectivity index (χ4n) is 7.55. The number of carboxylic acid groups (broad SMARTS) is 1. The third-order valence-electron chi connectivity index (χ3n) is 11.8. The first-order valence-corrected chi connectivity index (χ1v) is 27.1. The molecule has 0 spiro atoms. The van der Waals surface area contributed by atoms with Crippen LogP contribution in [0.4, 0.5) is 0 Å². The molecule has 0 aromatic carbocycles. The van der Waals surface area contributed by atoms with Crippen LogP contribution in [0, 0.1) is 0 Å². The molecule has 0 saturated carbocycles. The van der Waals surface area contributed by atoms with E-state index in [1.165, 1.54) is 109 Å². The first-order valence-electron chi connectivity index (χ1n) is 27.1. The number of nitrogens with zero attached hydrogens (tertiary/aromatic N) is 1. The molecule has 2 atom stereocenters. The summed E-state index contributed by atoms with van der Waals surface area (Å²) < 4.78 is 17.3. The van der Waals surface area contributed by atoms with Gasteiger partial charge in [-0.05, 0) is 96.3 Å². The molecule has 0 aliphatic carbocycles. The summed E-state index contributed by atoms with van der Waals surface area (Å²) >= 11 is 0. The van der Waals surface area contributed by atoms with Crippen molar-refractivity contribution in [3.8, 4) is 0 Å². The number of allylic oxidation sites excluding steroid dienone is 14. The molecule has 0 aliphatic heterocycles. The van der Waals surface area contributed by atoms with Gasteiger partial charge < -0.3 is 23.8 Å². The highest BCUT2D eigenvalue weighted by Gasteiger charge is 2.31. The quantitative estimate of drug-likeness (QED) is 0.0281. The molecular formula is C59H102NO7+. The standard InChI is InChI=1S/C59H101NO7/c1-6-8-10-12-14-16-18-20-22-24-26-28-30-31-33-35-37-39-41-43-45-47-49-57(61)66-54-55(53-65-52-51-56(59(63)64)60(3,4)5)67-58(62)50-48-46-44-42-40-38-36-34-32-29-27-25-23-21-19-17-15-13-11-9-7-2/h15,17,21,23-24,26-27,29-31,34,36,40,42,55-56H,6-14,16,18-20,22,25,28,32-33,35,37-39,41,43-54H2,1-5H3/p+1/b17-15+,23-21+,26-24+,29-27+,31-30+,36-34+,42-40+. The lowest BCUT2D eigenvalue weighted by Gasteiger charge is -2.31. The Morgan fingerprint density at radius 1 is 0.448 bits per heavy atom. The van der Waals surface area contributed by atoms with Crippen molar-refractivity contribution in [2.75, 3.05) is 41.0 Å². The zero-order chi connectivity index (χ0) is 49.2. The number of ether oxygens (including phenoxy) is 3. The first-order chi connectivity index (χ1) is 32.6. The lowest BCUT2D eigenvalue weighted by atomic mass is 10.1. The SMILES string of the molecule is CCCCC/C=C/C/C=C/C/C=C/C/C=C/C/C=C/CCCCC(=O)OC(COCCC(C(=O)O)[N+](C)(C)C)COC(=O)CCCCCCCCC/C=C/C/C=C/CCCCCCCCCC. The van der Waals surface area contributed by atoms with E-state index in [0.29, 0.717) is 19.3 Å². The zero-order valence-electron chi connectivity index (χ0n) is 43.8. The van der Waals surface area contributed by atoms with Gasteiger partial charge in [0.2, 0.25) is 0 Å². The van der Waals surface area contributed by atoms with Gasteiger partial charge in [0.25, 0.3) is 0 Å². The fraction of sp³-hybridized carbons (Fsp3) is 0.712. The first kappa shape index (κ1) is 63.5.